The first-order valence-electron chi connectivity index (χ1n) is 9.30. The maximum atomic E-state index is 12.9. The van der Waals surface area contributed by atoms with Crippen molar-refractivity contribution in [1.29, 1.82) is 0 Å². The maximum absolute atomic E-state index is 12.9. The van der Waals surface area contributed by atoms with Gasteiger partial charge in [-0.3, -0.25) is 9.48 Å². The number of aromatic nitrogens is 2. The lowest BCUT2D eigenvalue weighted by molar-refractivity contribution is -0.134. The zero-order chi connectivity index (χ0) is 17.1. The van der Waals surface area contributed by atoms with Gasteiger partial charge in [0.15, 0.2) is 0 Å². The van der Waals surface area contributed by atoms with Gasteiger partial charge in [0.05, 0.1) is 18.2 Å². The maximum Gasteiger partial charge on any atom is 0.228 e. The van der Waals surface area contributed by atoms with Gasteiger partial charge in [-0.1, -0.05) is 43.2 Å². The van der Waals surface area contributed by atoms with E-state index in [1.807, 2.05) is 35.3 Å². The molecule has 1 saturated heterocycles. The first-order valence-corrected chi connectivity index (χ1v) is 9.30. The lowest BCUT2D eigenvalue weighted by Gasteiger charge is -2.37. The molecule has 2 heterocycles. The summed E-state index contributed by atoms with van der Waals surface area (Å²) in [6, 6.07) is 10.3. The first-order chi connectivity index (χ1) is 12.3. The fourth-order valence-corrected chi connectivity index (χ4v) is 4.40. The van der Waals surface area contributed by atoms with Crippen LogP contribution in [0, 0.1) is 11.3 Å². The van der Waals surface area contributed by atoms with Gasteiger partial charge in [0.1, 0.15) is 0 Å². The van der Waals surface area contributed by atoms with Crippen molar-refractivity contribution < 1.29 is 4.79 Å². The SMILES string of the molecule is O=C(NCc1cnn(Cc2ccccc2)c1)[C@@]12CCCC[C@H]1CNC2. The van der Waals surface area contributed by atoms with Crippen LogP contribution in [-0.4, -0.2) is 28.8 Å². The van der Waals surface area contributed by atoms with Crippen molar-refractivity contribution in [2.24, 2.45) is 11.3 Å². The van der Waals surface area contributed by atoms with E-state index in [4.69, 9.17) is 0 Å². The molecule has 5 heteroatoms. The summed E-state index contributed by atoms with van der Waals surface area (Å²) in [5, 5.41) is 11.0. The van der Waals surface area contributed by atoms with Crippen molar-refractivity contribution in [3.05, 3.63) is 53.9 Å². The summed E-state index contributed by atoms with van der Waals surface area (Å²) in [4.78, 5) is 12.9. The molecule has 4 rings (SSSR count). The van der Waals surface area contributed by atoms with E-state index < -0.39 is 0 Å². The molecule has 25 heavy (non-hydrogen) atoms. The molecule has 1 aromatic heterocycles. The minimum atomic E-state index is -0.182. The molecule has 132 valence electrons. The van der Waals surface area contributed by atoms with Gasteiger partial charge in [0, 0.05) is 24.8 Å². The largest absolute Gasteiger partial charge is 0.351 e. The third-order valence-corrected chi connectivity index (χ3v) is 5.82. The Kier molecular flexibility index (Phi) is 4.57. The van der Waals surface area contributed by atoms with Gasteiger partial charge in [0.25, 0.3) is 0 Å². The van der Waals surface area contributed by atoms with Gasteiger partial charge in [-0.2, -0.15) is 5.10 Å². The molecule has 2 N–H and O–H groups in total. The number of nitrogens with zero attached hydrogens (tertiary/aromatic N) is 2. The number of amides is 1. The molecule has 0 unspecified atom stereocenters. The Hall–Kier alpha value is -2.14. The minimum absolute atomic E-state index is 0.182. The van der Waals surface area contributed by atoms with Gasteiger partial charge in [-0.05, 0) is 30.9 Å². The van der Waals surface area contributed by atoms with Crippen molar-refractivity contribution in [2.45, 2.75) is 38.8 Å². The predicted octanol–water partition coefficient (Wildman–Crippen LogP) is 2.33. The Morgan fingerprint density at radius 1 is 1.28 bits per heavy atom. The highest BCUT2D eigenvalue weighted by Crippen LogP contribution is 2.43. The smallest absolute Gasteiger partial charge is 0.228 e. The number of nitrogens with one attached hydrogen (secondary N) is 2. The van der Waals surface area contributed by atoms with Crippen molar-refractivity contribution in [2.75, 3.05) is 13.1 Å². The molecule has 2 aromatic rings. The van der Waals surface area contributed by atoms with Crippen molar-refractivity contribution in [3.63, 3.8) is 0 Å². The van der Waals surface area contributed by atoms with Gasteiger partial charge in [0.2, 0.25) is 5.91 Å². The summed E-state index contributed by atoms with van der Waals surface area (Å²) in [5.74, 6) is 0.722. The Labute approximate surface area is 148 Å². The minimum Gasteiger partial charge on any atom is -0.351 e. The van der Waals surface area contributed by atoms with E-state index in [-0.39, 0.29) is 11.3 Å². The number of carbonyl (C=O) groups excluding carboxylic acids is 1. The molecular weight excluding hydrogens is 312 g/mol. The van der Waals surface area contributed by atoms with E-state index >= 15 is 0 Å². The van der Waals surface area contributed by atoms with Crippen LogP contribution in [0.2, 0.25) is 0 Å². The van der Waals surface area contributed by atoms with Crippen LogP contribution in [0.15, 0.2) is 42.7 Å². The monoisotopic (exact) mass is 338 g/mol. The molecule has 1 aliphatic heterocycles. The molecule has 1 aromatic carbocycles. The fraction of sp³-hybridized carbons (Fsp3) is 0.500. The number of fused-ring (bicyclic) bond motifs is 1. The third kappa shape index (κ3) is 3.33. The summed E-state index contributed by atoms with van der Waals surface area (Å²) < 4.78 is 1.93. The average Bonchev–Trinajstić information content (AvgIpc) is 3.28. The summed E-state index contributed by atoms with van der Waals surface area (Å²) in [6.45, 7) is 3.13. The summed E-state index contributed by atoms with van der Waals surface area (Å²) >= 11 is 0. The van der Waals surface area contributed by atoms with Crippen LogP contribution >= 0.6 is 0 Å². The lowest BCUT2D eigenvalue weighted by atomic mass is 9.67. The fourth-order valence-electron chi connectivity index (χ4n) is 4.40. The van der Waals surface area contributed by atoms with Crippen molar-refractivity contribution in [1.82, 2.24) is 20.4 Å². The molecule has 1 aliphatic carbocycles. The number of hydrogen-bond donors (Lipinski definition) is 2. The highest BCUT2D eigenvalue weighted by atomic mass is 16.2. The number of hydrogen-bond acceptors (Lipinski definition) is 3. The molecule has 2 aliphatic rings. The summed E-state index contributed by atoms with van der Waals surface area (Å²) in [5.41, 5.74) is 2.10. The molecule has 0 radical (unpaired) electrons. The number of benzene rings is 1. The van der Waals surface area contributed by atoms with Gasteiger partial charge >= 0.3 is 0 Å². The van der Waals surface area contributed by atoms with E-state index in [2.05, 4.69) is 27.9 Å². The Morgan fingerprint density at radius 2 is 2.16 bits per heavy atom. The van der Waals surface area contributed by atoms with E-state index in [1.165, 1.54) is 24.8 Å². The van der Waals surface area contributed by atoms with Crippen molar-refractivity contribution in [3.8, 4) is 0 Å². The molecule has 1 amide bonds. The van der Waals surface area contributed by atoms with E-state index in [9.17, 15) is 4.79 Å². The standard InChI is InChI=1S/C20H26N4O/c25-19(20-9-5-4-8-18(20)12-21-15-20)22-10-17-11-23-24(14-17)13-16-6-2-1-3-7-16/h1-3,6-7,11,14,18,21H,4-5,8-10,12-13,15H2,(H,22,25)/t18-,20+/m0/s1. The quantitative estimate of drug-likeness (QED) is 0.880. The van der Waals surface area contributed by atoms with Crippen LogP contribution in [-0.2, 0) is 17.9 Å². The van der Waals surface area contributed by atoms with E-state index in [0.29, 0.717) is 12.5 Å². The highest BCUT2D eigenvalue weighted by Gasteiger charge is 2.49. The molecule has 5 nitrogen and oxygen atoms in total. The van der Waals surface area contributed by atoms with Crippen molar-refractivity contribution >= 4 is 5.91 Å². The average molecular weight is 338 g/mol. The summed E-state index contributed by atoms with van der Waals surface area (Å²) in [6.07, 6.45) is 8.50. The zero-order valence-corrected chi connectivity index (χ0v) is 14.6. The van der Waals surface area contributed by atoms with Crippen LogP contribution in [0.3, 0.4) is 0 Å². The number of rotatable bonds is 5. The predicted molar refractivity (Wildman–Crippen MR) is 96.9 cm³/mol. The highest BCUT2D eigenvalue weighted by molar-refractivity contribution is 5.83. The Bertz CT molecular complexity index is 726. The van der Waals surface area contributed by atoms with Crippen LogP contribution in [0.25, 0.3) is 0 Å². The van der Waals surface area contributed by atoms with Crippen LogP contribution in [0.4, 0.5) is 0 Å². The second-order valence-electron chi connectivity index (χ2n) is 7.44. The molecule has 0 spiro atoms. The zero-order valence-electron chi connectivity index (χ0n) is 14.6. The van der Waals surface area contributed by atoms with E-state index in [0.717, 1.165) is 31.6 Å². The van der Waals surface area contributed by atoms with Gasteiger partial charge in [-0.15, -0.1) is 0 Å². The topological polar surface area (TPSA) is 59.0 Å². The normalized spacial score (nSPS) is 25.5. The third-order valence-electron chi connectivity index (χ3n) is 5.82. The molecule has 2 fully saturated rings. The van der Waals surface area contributed by atoms with E-state index in [1.54, 1.807) is 0 Å². The Morgan fingerprint density at radius 3 is 3.04 bits per heavy atom. The first kappa shape index (κ1) is 16.3. The van der Waals surface area contributed by atoms with Crippen LogP contribution in [0.5, 0.6) is 0 Å². The molecular formula is C20H26N4O. The molecule has 1 saturated carbocycles. The lowest BCUT2D eigenvalue weighted by Crippen LogP contribution is -2.47. The molecule has 0 bridgehead atoms. The van der Waals surface area contributed by atoms with Gasteiger partial charge in [-0.25, -0.2) is 0 Å². The van der Waals surface area contributed by atoms with Gasteiger partial charge < -0.3 is 10.6 Å². The van der Waals surface area contributed by atoms with Crippen LogP contribution in [0.1, 0.15) is 36.8 Å². The van der Waals surface area contributed by atoms with Crippen LogP contribution < -0.4 is 10.6 Å². The second-order valence-corrected chi connectivity index (χ2v) is 7.44. The summed E-state index contributed by atoms with van der Waals surface area (Å²) in [7, 11) is 0. The molecule has 2 atom stereocenters. The Balaban J connectivity index is 1.36. The second kappa shape index (κ2) is 7.00. The number of carbonyl (C=O) groups is 1.